The predicted molar refractivity (Wildman–Crippen MR) is 42.6 cm³/mol. The lowest BCUT2D eigenvalue weighted by atomic mass is 10.3. The first-order valence-electron chi connectivity index (χ1n) is 3.58. The van der Waals surface area contributed by atoms with Gasteiger partial charge in [-0.2, -0.15) is 19.1 Å². The van der Waals surface area contributed by atoms with Gasteiger partial charge in [0.2, 0.25) is 0 Å². The first kappa shape index (κ1) is 10.1. The Morgan fingerprint density at radius 3 is 2.93 bits per heavy atom. The molecule has 0 saturated heterocycles. The summed E-state index contributed by atoms with van der Waals surface area (Å²) in [6.45, 7) is 0.463. The average Bonchev–Trinajstić information content (AvgIpc) is 2.50. The van der Waals surface area contributed by atoms with Crippen molar-refractivity contribution in [3.05, 3.63) is 11.8 Å². The fourth-order valence-corrected chi connectivity index (χ4v) is 0.689. The number of anilines is 1. The summed E-state index contributed by atoms with van der Waals surface area (Å²) in [5, 5.41) is 16.0. The smallest absolute Gasteiger partial charge is 0.305 e. The Hall–Kier alpha value is -1.97. The summed E-state index contributed by atoms with van der Waals surface area (Å²) in [7, 11) is 0. The fraction of sp³-hybridized carbons (Fsp3) is 0.286. The molecule has 0 aliphatic rings. The number of aromatic amines is 1. The minimum absolute atomic E-state index is 0.00241. The van der Waals surface area contributed by atoms with Crippen molar-refractivity contribution in [2.45, 2.75) is 12.8 Å². The van der Waals surface area contributed by atoms with Crippen molar-refractivity contribution in [3.63, 3.8) is 0 Å². The lowest BCUT2D eigenvalue weighted by Crippen LogP contribution is -2.31. The summed E-state index contributed by atoms with van der Waals surface area (Å²) in [6, 6.07) is 1.68. The molecule has 7 heteroatoms. The maximum absolute atomic E-state index is 12.4. The van der Waals surface area contributed by atoms with Crippen LogP contribution in [0.1, 0.15) is 12.5 Å². The van der Waals surface area contributed by atoms with Gasteiger partial charge in [-0.25, -0.2) is 0 Å². The van der Waals surface area contributed by atoms with Crippen LogP contribution < -0.4 is 5.32 Å². The Labute approximate surface area is 77.7 Å². The van der Waals surface area contributed by atoms with E-state index >= 15 is 0 Å². The van der Waals surface area contributed by atoms with E-state index in [-0.39, 0.29) is 11.4 Å². The van der Waals surface area contributed by atoms with Crippen molar-refractivity contribution in [1.82, 2.24) is 10.2 Å². The maximum Gasteiger partial charge on any atom is 0.322 e. The van der Waals surface area contributed by atoms with Crippen molar-refractivity contribution < 1.29 is 13.6 Å². The molecule has 1 aromatic rings. The van der Waals surface area contributed by atoms with E-state index in [0.717, 1.165) is 6.20 Å². The van der Waals surface area contributed by atoms with Crippen LogP contribution in [0.15, 0.2) is 6.20 Å². The third kappa shape index (κ3) is 2.04. The van der Waals surface area contributed by atoms with Gasteiger partial charge in [-0.05, 0) is 0 Å². The summed E-state index contributed by atoms with van der Waals surface area (Å²) >= 11 is 0. The lowest BCUT2D eigenvalue weighted by molar-refractivity contribution is -0.137. The molecule has 0 radical (unpaired) electrons. The second-order valence-corrected chi connectivity index (χ2v) is 2.61. The SMILES string of the molecule is CC(F)(F)C(=O)Nc1[nH]ncc1C#N. The van der Waals surface area contributed by atoms with E-state index in [1.165, 1.54) is 0 Å². The van der Waals surface area contributed by atoms with Crippen LogP contribution in [0.4, 0.5) is 14.6 Å². The average molecular weight is 200 g/mol. The molecule has 0 aromatic carbocycles. The Morgan fingerprint density at radius 1 is 1.79 bits per heavy atom. The lowest BCUT2D eigenvalue weighted by Gasteiger charge is -2.08. The van der Waals surface area contributed by atoms with E-state index in [1.54, 1.807) is 6.07 Å². The third-order valence-corrected chi connectivity index (χ3v) is 1.40. The highest BCUT2D eigenvalue weighted by Crippen LogP contribution is 2.16. The molecule has 0 unspecified atom stereocenters. The number of hydrogen-bond donors (Lipinski definition) is 2. The molecule has 0 bridgehead atoms. The Bertz CT molecular complexity index is 387. The van der Waals surface area contributed by atoms with Gasteiger partial charge in [-0.1, -0.05) is 0 Å². The van der Waals surface area contributed by atoms with Crippen molar-refractivity contribution in [2.24, 2.45) is 0 Å². The number of aromatic nitrogens is 2. The molecule has 74 valence electrons. The second kappa shape index (κ2) is 3.41. The minimum atomic E-state index is -3.49. The van der Waals surface area contributed by atoms with Crippen LogP contribution in [0.3, 0.4) is 0 Å². The highest BCUT2D eigenvalue weighted by atomic mass is 19.3. The number of rotatable bonds is 2. The largest absolute Gasteiger partial charge is 0.322 e. The number of hydrogen-bond acceptors (Lipinski definition) is 3. The number of nitriles is 1. The van der Waals surface area contributed by atoms with Gasteiger partial charge in [0, 0.05) is 6.92 Å². The van der Waals surface area contributed by atoms with E-state index in [4.69, 9.17) is 5.26 Å². The Morgan fingerprint density at radius 2 is 2.43 bits per heavy atom. The number of nitrogens with one attached hydrogen (secondary N) is 2. The van der Waals surface area contributed by atoms with Crippen molar-refractivity contribution in [1.29, 1.82) is 5.26 Å². The zero-order valence-corrected chi connectivity index (χ0v) is 7.14. The second-order valence-electron chi connectivity index (χ2n) is 2.61. The summed E-state index contributed by atoms with van der Waals surface area (Å²) in [4.78, 5) is 10.8. The van der Waals surface area contributed by atoms with Gasteiger partial charge in [-0.15, -0.1) is 0 Å². The zero-order valence-electron chi connectivity index (χ0n) is 7.14. The molecule has 1 amide bonds. The van der Waals surface area contributed by atoms with Gasteiger partial charge in [0.05, 0.1) is 6.20 Å². The van der Waals surface area contributed by atoms with Gasteiger partial charge in [0.15, 0.2) is 0 Å². The van der Waals surface area contributed by atoms with Crippen LogP contribution in [0.5, 0.6) is 0 Å². The number of alkyl halides is 2. The highest BCUT2D eigenvalue weighted by molar-refractivity contribution is 5.95. The molecule has 1 aromatic heterocycles. The van der Waals surface area contributed by atoms with Gasteiger partial charge in [0.1, 0.15) is 17.5 Å². The zero-order chi connectivity index (χ0) is 10.8. The molecule has 0 saturated carbocycles. The summed E-state index contributed by atoms with van der Waals surface area (Å²) in [5.74, 6) is -5.10. The summed E-state index contributed by atoms with van der Waals surface area (Å²) < 4.78 is 24.8. The predicted octanol–water partition coefficient (Wildman–Crippen LogP) is 0.875. The minimum Gasteiger partial charge on any atom is -0.305 e. The molecule has 1 rings (SSSR count). The van der Waals surface area contributed by atoms with Crippen molar-refractivity contribution in [2.75, 3.05) is 5.32 Å². The Kier molecular flexibility index (Phi) is 2.47. The molecule has 0 aliphatic heterocycles. The molecule has 0 aliphatic carbocycles. The van der Waals surface area contributed by atoms with Crippen LogP contribution in [0.25, 0.3) is 0 Å². The highest BCUT2D eigenvalue weighted by Gasteiger charge is 2.32. The standard InChI is InChI=1S/C7H6F2N4O/c1-7(8,9)6(14)12-5-4(2-10)3-11-13-5/h3H,1H3,(H2,11,12,13,14). The van der Waals surface area contributed by atoms with E-state index in [1.807, 2.05) is 5.32 Å². The molecular formula is C7H6F2N4O. The number of halogens is 2. The monoisotopic (exact) mass is 200 g/mol. The van der Waals surface area contributed by atoms with E-state index in [2.05, 4.69) is 10.2 Å². The molecule has 2 N–H and O–H groups in total. The van der Waals surface area contributed by atoms with E-state index < -0.39 is 11.8 Å². The van der Waals surface area contributed by atoms with Crippen LogP contribution in [-0.2, 0) is 4.79 Å². The molecule has 0 spiro atoms. The van der Waals surface area contributed by atoms with Crippen LogP contribution in [-0.4, -0.2) is 22.0 Å². The molecular weight excluding hydrogens is 194 g/mol. The first-order valence-corrected chi connectivity index (χ1v) is 3.58. The number of H-pyrrole nitrogens is 1. The van der Waals surface area contributed by atoms with Crippen molar-refractivity contribution >= 4 is 11.7 Å². The van der Waals surface area contributed by atoms with Crippen molar-refractivity contribution in [3.8, 4) is 6.07 Å². The molecule has 0 atom stereocenters. The molecule has 14 heavy (non-hydrogen) atoms. The quantitative estimate of drug-likeness (QED) is 0.743. The topological polar surface area (TPSA) is 81.6 Å². The molecule has 0 fully saturated rings. The van der Waals surface area contributed by atoms with Crippen LogP contribution >= 0.6 is 0 Å². The van der Waals surface area contributed by atoms with Gasteiger partial charge < -0.3 is 5.32 Å². The van der Waals surface area contributed by atoms with E-state index in [0.29, 0.717) is 6.92 Å². The van der Waals surface area contributed by atoms with Gasteiger partial charge >= 0.3 is 5.92 Å². The number of nitrogens with zero attached hydrogens (tertiary/aromatic N) is 2. The van der Waals surface area contributed by atoms with Crippen LogP contribution in [0.2, 0.25) is 0 Å². The van der Waals surface area contributed by atoms with Crippen LogP contribution in [0, 0.1) is 11.3 Å². The number of amides is 1. The molecule has 5 nitrogen and oxygen atoms in total. The normalized spacial score (nSPS) is 10.7. The fourth-order valence-electron chi connectivity index (χ4n) is 0.689. The van der Waals surface area contributed by atoms with E-state index in [9.17, 15) is 13.6 Å². The molecule has 1 heterocycles. The first-order chi connectivity index (χ1) is 6.45. The third-order valence-electron chi connectivity index (χ3n) is 1.40. The van der Waals surface area contributed by atoms with Gasteiger partial charge in [0.25, 0.3) is 5.91 Å². The maximum atomic E-state index is 12.4. The number of carbonyl (C=O) groups is 1. The van der Waals surface area contributed by atoms with Gasteiger partial charge in [-0.3, -0.25) is 9.89 Å². The Balaban J connectivity index is 2.81. The number of carbonyl (C=O) groups excluding carboxylic acids is 1. The summed E-state index contributed by atoms with van der Waals surface area (Å²) in [6.07, 6.45) is 1.13. The summed E-state index contributed by atoms with van der Waals surface area (Å²) in [5.41, 5.74) is 0.00241.